The summed E-state index contributed by atoms with van der Waals surface area (Å²) in [6.07, 6.45) is 3.33. The van der Waals surface area contributed by atoms with Crippen molar-refractivity contribution < 1.29 is 4.39 Å². The molecule has 0 aliphatic rings. The molecule has 0 saturated heterocycles. The van der Waals surface area contributed by atoms with Crippen molar-refractivity contribution in [2.45, 2.75) is 13.0 Å². The van der Waals surface area contributed by atoms with E-state index in [0.717, 1.165) is 0 Å². The Bertz CT molecular complexity index is 363. The minimum Gasteiger partial charge on any atom is -0.325 e. The van der Waals surface area contributed by atoms with E-state index in [9.17, 15) is 4.39 Å². The van der Waals surface area contributed by atoms with Gasteiger partial charge in [-0.3, -0.25) is 0 Å². The number of benzene rings is 1. The van der Waals surface area contributed by atoms with Gasteiger partial charge in [-0.1, -0.05) is 39.7 Å². The molecule has 1 unspecified atom stereocenters. The van der Waals surface area contributed by atoms with Gasteiger partial charge >= 0.3 is 0 Å². The van der Waals surface area contributed by atoms with Gasteiger partial charge in [0.25, 0.3) is 0 Å². The molecule has 0 aromatic heterocycles. The second-order valence-electron chi connectivity index (χ2n) is 2.98. The number of rotatable bonds is 2. The van der Waals surface area contributed by atoms with Crippen molar-refractivity contribution in [3.05, 3.63) is 39.1 Å². The Morgan fingerprint density at radius 1 is 1.57 bits per heavy atom. The Labute approximate surface area is 95.9 Å². The van der Waals surface area contributed by atoms with Crippen molar-refractivity contribution in [3.63, 3.8) is 0 Å². The van der Waals surface area contributed by atoms with E-state index in [-0.39, 0.29) is 11.1 Å². The van der Waals surface area contributed by atoms with Crippen molar-refractivity contribution in [3.8, 4) is 0 Å². The van der Waals surface area contributed by atoms with Gasteiger partial charge in [0.15, 0.2) is 0 Å². The molecule has 14 heavy (non-hydrogen) atoms. The molecule has 0 spiro atoms. The Balaban J connectivity index is 3.13. The lowest BCUT2D eigenvalue weighted by molar-refractivity contribution is 0.624. The maximum atomic E-state index is 13.5. The molecule has 1 aromatic rings. The molecule has 1 rings (SSSR count). The molecule has 0 amide bonds. The Kier molecular flexibility index (Phi) is 4.11. The first-order valence-electron chi connectivity index (χ1n) is 4.09. The summed E-state index contributed by atoms with van der Waals surface area (Å²) in [4.78, 5) is 0. The van der Waals surface area contributed by atoms with E-state index in [0.29, 0.717) is 10.0 Å². The van der Waals surface area contributed by atoms with Crippen LogP contribution in [0.15, 0.2) is 22.7 Å². The van der Waals surface area contributed by atoms with Gasteiger partial charge in [0.2, 0.25) is 0 Å². The molecule has 1 nitrogen and oxygen atoms in total. The molecule has 76 valence electrons. The van der Waals surface area contributed by atoms with Crippen LogP contribution < -0.4 is 5.73 Å². The van der Waals surface area contributed by atoms with Crippen LogP contribution in [0.3, 0.4) is 0 Å². The number of nitrogens with two attached hydrogens (primary N) is 1. The first-order chi connectivity index (χ1) is 6.52. The van der Waals surface area contributed by atoms with E-state index in [1.165, 1.54) is 6.07 Å². The van der Waals surface area contributed by atoms with Crippen LogP contribution >= 0.6 is 27.5 Å². The van der Waals surface area contributed by atoms with E-state index in [2.05, 4.69) is 15.9 Å². The van der Waals surface area contributed by atoms with Crippen molar-refractivity contribution >= 4 is 33.6 Å². The molecule has 0 heterocycles. The smallest absolute Gasteiger partial charge is 0.150 e. The van der Waals surface area contributed by atoms with Gasteiger partial charge in [0.05, 0.1) is 5.02 Å². The van der Waals surface area contributed by atoms with Crippen LogP contribution in [0.2, 0.25) is 5.02 Å². The minimum atomic E-state index is -0.432. The maximum Gasteiger partial charge on any atom is 0.150 e. The lowest BCUT2D eigenvalue weighted by atomic mass is 10.1. The zero-order valence-corrected chi connectivity index (χ0v) is 9.94. The fraction of sp³-hybridized carbons (Fsp3) is 0.200. The highest BCUT2D eigenvalue weighted by molar-refractivity contribution is 9.10. The van der Waals surface area contributed by atoms with Crippen molar-refractivity contribution in [2.75, 3.05) is 0 Å². The van der Waals surface area contributed by atoms with Crippen LogP contribution in [0, 0.1) is 5.82 Å². The summed E-state index contributed by atoms with van der Waals surface area (Å²) in [7, 11) is 0. The quantitative estimate of drug-likeness (QED) is 0.822. The molecule has 0 aliphatic carbocycles. The molecule has 0 bridgehead atoms. The number of hydrogen-bond acceptors (Lipinski definition) is 1. The number of hydrogen-bond donors (Lipinski definition) is 1. The summed E-state index contributed by atoms with van der Waals surface area (Å²) in [5.74, 6) is -0.432. The largest absolute Gasteiger partial charge is 0.325 e. The third-order valence-corrected chi connectivity index (χ3v) is 2.63. The SMILES string of the molecule is CC(N)/C=C/c1c(Br)ccc(Cl)c1F. The van der Waals surface area contributed by atoms with E-state index < -0.39 is 5.82 Å². The van der Waals surface area contributed by atoms with Gasteiger partial charge in [-0.25, -0.2) is 4.39 Å². The molecule has 0 aliphatic heterocycles. The maximum absolute atomic E-state index is 13.5. The Morgan fingerprint density at radius 2 is 2.21 bits per heavy atom. The van der Waals surface area contributed by atoms with Crippen molar-refractivity contribution in [2.24, 2.45) is 5.73 Å². The average molecular weight is 279 g/mol. The predicted octanol–water partition coefficient (Wildman–Crippen LogP) is 3.60. The van der Waals surface area contributed by atoms with E-state index in [1.54, 1.807) is 18.2 Å². The average Bonchev–Trinajstić information content (AvgIpc) is 2.11. The topological polar surface area (TPSA) is 26.0 Å². The van der Waals surface area contributed by atoms with Gasteiger partial charge in [-0.15, -0.1) is 0 Å². The third-order valence-electron chi connectivity index (χ3n) is 1.65. The first kappa shape index (κ1) is 11.7. The van der Waals surface area contributed by atoms with Crippen molar-refractivity contribution in [1.29, 1.82) is 0 Å². The monoisotopic (exact) mass is 277 g/mol. The molecule has 0 fully saturated rings. The Hall–Kier alpha value is -0.380. The highest BCUT2D eigenvalue weighted by Crippen LogP contribution is 2.26. The third kappa shape index (κ3) is 2.80. The van der Waals surface area contributed by atoms with Gasteiger partial charge < -0.3 is 5.73 Å². The Morgan fingerprint density at radius 3 is 2.79 bits per heavy atom. The number of halogens is 3. The van der Waals surface area contributed by atoms with Crippen LogP contribution in [0.1, 0.15) is 12.5 Å². The zero-order valence-electron chi connectivity index (χ0n) is 7.60. The zero-order chi connectivity index (χ0) is 10.7. The molecular formula is C10H10BrClFN. The molecule has 0 saturated carbocycles. The fourth-order valence-electron chi connectivity index (χ4n) is 0.944. The summed E-state index contributed by atoms with van der Waals surface area (Å²) >= 11 is 8.88. The standard InChI is InChI=1S/C10H10BrClFN/c1-6(14)2-3-7-8(11)4-5-9(12)10(7)13/h2-6H,14H2,1H3/b3-2+. The summed E-state index contributed by atoms with van der Waals surface area (Å²) in [5.41, 5.74) is 5.95. The van der Waals surface area contributed by atoms with E-state index in [4.69, 9.17) is 17.3 Å². The normalized spacial score (nSPS) is 13.5. The van der Waals surface area contributed by atoms with Crippen LogP contribution in [-0.2, 0) is 0 Å². The van der Waals surface area contributed by atoms with Crippen LogP contribution in [0.4, 0.5) is 4.39 Å². The van der Waals surface area contributed by atoms with Gasteiger partial charge in [0.1, 0.15) is 5.82 Å². The van der Waals surface area contributed by atoms with E-state index in [1.807, 2.05) is 6.92 Å². The molecule has 1 aromatic carbocycles. The van der Waals surface area contributed by atoms with Crippen LogP contribution in [-0.4, -0.2) is 6.04 Å². The summed E-state index contributed by atoms with van der Waals surface area (Å²) in [6, 6.07) is 3.09. The minimum absolute atomic E-state index is 0.109. The van der Waals surface area contributed by atoms with Gasteiger partial charge in [-0.05, 0) is 19.1 Å². The second kappa shape index (κ2) is 4.91. The summed E-state index contributed by atoms with van der Waals surface area (Å²) in [5, 5.41) is 0.109. The first-order valence-corrected chi connectivity index (χ1v) is 5.26. The molecular weight excluding hydrogens is 268 g/mol. The fourth-order valence-corrected chi connectivity index (χ4v) is 1.55. The predicted molar refractivity (Wildman–Crippen MR) is 61.8 cm³/mol. The second-order valence-corrected chi connectivity index (χ2v) is 4.24. The van der Waals surface area contributed by atoms with Crippen LogP contribution in [0.25, 0.3) is 6.08 Å². The lowest BCUT2D eigenvalue weighted by Gasteiger charge is -2.03. The molecule has 2 N–H and O–H groups in total. The van der Waals surface area contributed by atoms with Crippen LogP contribution in [0.5, 0.6) is 0 Å². The van der Waals surface area contributed by atoms with Crippen molar-refractivity contribution in [1.82, 2.24) is 0 Å². The van der Waals surface area contributed by atoms with E-state index >= 15 is 0 Å². The summed E-state index contributed by atoms with van der Waals surface area (Å²) < 4.78 is 14.1. The summed E-state index contributed by atoms with van der Waals surface area (Å²) in [6.45, 7) is 1.81. The highest BCUT2D eigenvalue weighted by atomic mass is 79.9. The van der Waals surface area contributed by atoms with Gasteiger partial charge in [0, 0.05) is 16.1 Å². The highest BCUT2D eigenvalue weighted by Gasteiger charge is 2.07. The van der Waals surface area contributed by atoms with Gasteiger partial charge in [-0.2, -0.15) is 0 Å². The lowest BCUT2D eigenvalue weighted by Crippen LogP contribution is -2.10. The molecule has 1 atom stereocenters. The molecule has 4 heteroatoms. The molecule has 0 radical (unpaired) electrons.